The van der Waals surface area contributed by atoms with Crippen LogP contribution >= 0.6 is 0 Å². The van der Waals surface area contributed by atoms with Gasteiger partial charge in [0.1, 0.15) is 17.4 Å². The van der Waals surface area contributed by atoms with Gasteiger partial charge in [0.05, 0.1) is 18.2 Å². The molecule has 5 rings (SSSR count). The number of fused-ring (bicyclic) bond motifs is 2. The van der Waals surface area contributed by atoms with Crippen LogP contribution in [-0.4, -0.2) is 39.7 Å². The zero-order chi connectivity index (χ0) is 17.9. The Balaban J connectivity index is 0.000000204. The van der Waals surface area contributed by atoms with Crippen molar-refractivity contribution in [1.82, 2.24) is 19.9 Å². The standard InChI is InChI=1S/C15H15N3O.C4H3NO2/c1-18-7-6-11-14(17-9-16-11)15(18)13-8-10-4-2-3-5-12(10)19-13;6-2-4-1-5-3-7-4/h2-5,8-9,15H,6-7H2,1H3,(H,16,17);1-3H. The maximum atomic E-state index is 9.73. The molecular weight excluding hydrogens is 332 g/mol. The first-order valence-corrected chi connectivity index (χ1v) is 8.31. The number of aromatic amines is 1. The van der Waals surface area contributed by atoms with E-state index in [1.54, 1.807) is 6.33 Å². The van der Waals surface area contributed by atoms with Gasteiger partial charge in [-0.1, -0.05) is 18.2 Å². The van der Waals surface area contributed by atoms with Gasteiger partial charge in [-0.05, 0) is 19.2 Å². The van der Waals surface area contributed by atoms with E-state index in [-0.39, 0.29) is 11.8 Å². The molecule has 1 aromatic carbocycles. The van der Waals surface area contributed by atoms with Gasteiger partial charge in [-0.3, -0.25) is 9.69 Å². The third kappa shape index (κ3) is 3.04. The van der Waals surface area contributed by atoms with Crippen LogP contribution in [0.15, 0.2) is 58.1 Å². The Morgan fingerprint density at radius 3 is 2.96 bits per heavy atom. The lowest BCUT2D eigenvalue weighted by Gasteiger charge is -2.29. The summed E-state index contributed by atoms with van der Waals surface area (Å²) >= 11 is 0. The second kappa shape index (κ2) is 6.97. The van der Waals surface area contributed by atoms with E-state index < -0.39 is 0 Å². The van der Waals surface area contributed by atoms with E-state index in [2.05, 4.69) is 43.4 Å². The van der Waals surface area contributed by atoms with Crippen LogP contribution in [0.2, 0.25) is 0 Å². The maximum Gasteiger partial charge on any atom is 0.187 e. The van der Waals surface area contributed by atoms with Crippen LogP contribution in [0.3, 0.4) is 0 Å². The lowest BCUT2D eigenvalue weighted by Crippen LogP contribution is -2.32. The number of furan rings is 1. The fourth-order valence-corrected chi connectivity index (χ4v) is 3.17. The van der Waals surface area contributed by atoms with Crippen LogP contribution in [0.4, 0.5) is 0 Å². The topological polar surface area (TPSA) is 88.2 Å². The quantitative estimate of drug-likeness (QED) is 0.559. The minimum absolute atomic E-state index is 0.113. The molecule has 1 N–H and O–H groups in total. The molecule has 0 bridgehead atoms. The van der Waals surface area contributed by atoms with Gasteiger partial charge in [0, 0.05) is 24.0 Å². The Morgan fingerprint density at radius 2 is 2.23 bits per heavy atom. The van der Waals surface area contributed by atoms with Crippen molar-refractivity contribution in [2.45, 2.75) is 12.5 Å². The highest BCUT2D eigenvalue weighted by molar-refractivity contribution is 5.78. The highest BCUT2D eigenvalue weighted by Gasteiger charge is 2.31. The first-order chi connectivity index (χ1) is 12.8. The second-order valence-corrected chi connectivity index (χ2v) is 6.11. The van der Waals surface area contributed by atoms with Gasteiger partial charge in [0.15, 0.2) is 18.4 Å². The predicted octanol–water partition coefficient (Wildman–Crippen LogP) is 3.22. The molecule has 4 heterocycles. The van der Waals surface area contributed by atoms with E-state index in [1.165, 1.54) is 18.3 Å². The molecule has 0 saturated heterocycles. The largest absolute Gasteiger partial charge is 0.459 e. The van der Waals surface area contributed by atoms with Gasteiger partial charge in [0.2, 0.25) is 0 Å². The van der Waals surface area contributed by atoms with Gasteiger partial charge in [-0.15, -0.1) is 0 Å². The molecule has 132 valence electrons. The number of aromatic nitrogens is 3. The first-order valence-electron chi connectivity index (χ1n) is 8.31. The van der Waals surface area contributed by atoms with Crippen molar-refractivity contribution in [3.05, 3.63) is 72.2 Å². The van der Waals surface area contributed by atoms with Gasteiger partial charge >= 0.3 is 0 Å². The number of hydrogen-bond donors (Lipinski definition) is 1. The van der Waals surface area contributed by atoms with E-state index in [9.17, 15) is 4.79 Å². The third-order valence-corrected chi connectivity index (χ3v) is 4.45. The Kier molecular flexibility index (Phi) is 4.37. The van der Waals surface area contributed by atoms with Crippen LogP contribution in [0, 0.1) is 0 Å². The Bertz CT molecular complexity index is 970. The van der Waals surface area contributed by atoms with Gasteiger partial charge in [-0.2, -0.15) is 0 Å². The number of likely N-dealkylation sites (N-methyl/N-ethyl adjacent to an activating group) is 1. The summed E-state index contributed by atoms with van der Waals surface area (Å²) in [5.41, 5.74) is 3.25. The molecule has 0 fully saturated rings. The number of carbonyl (C=O) groups excluding carboxylic acids is 1. The number of aldehydes is 1. The lowest BCUT2D eigenvalue weighted by molar-refractivity contribution is 0.110. The minimum atomic E-state index is 0.113. The molecule has 1 aliphatic rings. The summed E-state index contributed by atoms with van der Waals surface area (Å²) in [4.78, 5) is 23.2. The van der Waals surface area contributed by atoms with Crippen molar-refractivity contribution in [2.75, 3.05) is 13.6 Å². The molecule has 0 spiro atoms. The SMILES string of the molecule is CN1CCc2[nH]cnc2C1c1cc2ccccc2o1.O=Cc1cnco1. The molecule has 1 atom stereocenters. The number of nitrogens with zero attached hydrogens (tertiary/aromatic N) is 3. The van der Waals surface area contributed by atoms with E-state index in [4.69, 9.17) is 4.42 Å². The first kappa shape index (κ1) is 16.3. The summed E-state index contributed by atoms with van der Waals surface area (Å²) in [7, 11) is 2.12. The molecule has 1 aliphatic heterocycles. The van der Waals surface area contributed by atoms with E-state index in [0.717, 1.165) is 35.4 Å². The molecule has 4 aromatic rings. The average molecular weight is 350 g/mol. The summed E-state index contributed by atoms with van der Waals surface area (Å²) in [6.45, 7) is 1.01. The molecule has 0 aliphatic carbocycles. The number of hydrogen-bond acceptors (Lipinski definition) is 6. The molecule has 0 saturated carbocycles. The number of benzene rings is 1. The summed E-state index contributed by atoms with van der Waals surface area (Å²) in [5, 5.41) is 1.15. The molecular formula is C19H18N4O3. The van der Waals surface area contributed by atoms with Crippen molar-refractivity contribution in [3.63, 3.8) is 0 Å². The Morgan fingerprint density at radius 1 is 1.35 bits per heavy atom. The zero-order valence-electron chi connectivity index (χ0n) is 14.3. The van der Waals surface area contributed by atoms with Crippen molar-refractivity contribution in [3.8, 4) is 0 Å². The van der Waals surface area contributed by atoms with Crippen molar-refractivity contribution < 1.29 is 13.6 Å². The molecule has 1 unspecified atom stereocenters. The van der Waals surface area contributed by atoms with Crippen LogP contribution in [-0.2, 0) is 6.42 Å². The van der Waals surface area contributed by atoms with Crippen LogP contribution < -0.4 is 0 Å². The molecule has 0 amide bonds. The van der Waals surface area contributed by atoms with Crippen molar-refractivity contribution >= 4 is 17.3 Å². The summed E-state index contributed by atoms with van der Waals surface area (Å²) in [6.07, 6.45) is 5.96. The highest BCUT2D eigenvalue weighted by Crippen LogP contribution is 2.34. The number of para-hydroxylation sites is 1. The zero-order valence-corrected chi connectivity index (χ0v) is 14.3. The predicted molar refractivity (Wildman–Crippen MR) is 94.9 cm³/mol. The van der Waals surface area contributed by atoms with Gasteiger partial charge < -0.3 is 13.8 Å². The second-order valence-electron chi connectivity index (χ2n) is 6.11. The van der Waals surface area contributed by atoms with Crippen molar-refractivity contribution in [2.24, 2.45) is 0 Å². The Hall–Kier alpha value is -3.19. The molecule has 7 nitrogen and oxygen atoms in total. The number of H-pyrrole nitrogens is 1. The number of imidazole rings is 1. The maximum absolute atomic E-state index is 9.73. The highest BCUT2D eigenvalue weighted by atomic mass is 16.3. The third-order valence-electron chi connectivity index (χ3n) is 4.45. The number of nitrogens with one attached hydrogen (secondary N) is 1. The average Bonchev–Trinajstić information content (AvgIpc) is 3.41. The lowest BCUT2D eigenvalue weighted by atomic mass is 10.0. The number of rotatable bonds is 2. The van der Waals surface area contributed by atoms with Crippen LogP contribution in [0.5, 0.6) is 0 Å². The summed E-state index contributed by atoms with van der Waals surface area (Å²) in [5.74, 6) is 1.23. The number of oxazole rings is 1. The van der Waals surface area contributed by atoms with E-state index in [0.29, 0.717) is 6.29 Å². The van der Waals surface area contributed by atoms with E-state index >= 15 is 0 Å². The fraction of sp³-hybridized carbons (Fsp3) is 0.211. The van der Waals surface area contributed by atoms with Gasteiger partial charge in [0.25, 0.3) is 0 Å². The Labute approximate surface area is 149 Å². The normalized spacial score (nSPS) is 16.7. The van der Waals surface area contributed by atoms with Crippen LogP contribution in [0.1, 0.15) is 33.7 Å². The molecule has 26 heavy (non-hydrogen) atoms. The van der Waals surface area contributed by atoms with E-state index in [1.807, 2.05) is 18.2 Å². The van der Waals surface area contributed by atoms with Crippen molar-refractivity contribution in [1.29, 1.82) is 0 Å². The molecule has 3 aromatic heterocycles. The van der Waals surface area contributed by atoms with Crippen LogP contribution in [0.25, 0.3) is 11.0 Å². The molecule has 7 heteroatoms. The number of carbonyl (C=O) groups is 1. The monoisotopic (exact) mass is 350 g/mol. The summed E-state index contributed by atoms with van der Waals surface area (Å²) in [6, 6.07) is 10.4. The minimum Gasteiger partial charge on any atom is -0.459 e. The van der Waals surface area contributed by atoms with Gasteiger partial charge in [-0.25, -0.2) is 9.97 Å². The summed E-state index contributed by atoms with van der Waals surface area (Å²) < 4.78 is 10.5. The fourth-order valence-electron chi connectivity index (χ4n) is 3.17. The smallest absolute Gasteiger partial charge is 0.187 e. The molecule has 0 radical (unpaired) electrons.